The van der Waals surface area contributed by atoms with Crippen molar-refractivity contribution in [2.75, 3.05) is 0 Å². The van der Waals surface area contributed by atoms with E-state index in [1.807, 2.05) is 6.07 Å². The third-order valence-electron chi connectivity index (χ3n) is 9.02. The zero-order valence-corrected chi connectivity index (χ0v) is 23.4. The highest BCUT2D eigenvalue weighted by molar-refractivity contribution is 5.93. The molecular weight excluding hydrogens is 456 g/mol. The number of hydrogen-bond acceptors (Lipinski definition) is 4. The molecule has 202 valence electrons. The topological polar surface area (TPSA) is 73.9 Å². The van der Waals surface area contributed by atoms with Crippen LogP contribution in [0.2, 0.25) is 0 Å². The molecular formula is C33H48N2O2. The Bertz CT molecular complexity index is 925. The maximum Gasteiger partial charge on any atom is 0.339 e. The molecule has 2 aliphatic rings. The smallest absolute Gasteiger partial charge is 0.339 e. The van der Waals surface area contributed by atoms with Crippen LogP contribution in [0.1, 0.15) is 150 Å². The molecule has 2 aliphatic carbocycles. The fraction of sp³-hybridized carbons (Fsp3) is 0.727. The van der Waals surface area contributed by atoms with Crippen molar-refractivity contribution >= 4 is 5.97 Å². The van der Waals surface area contributed by atoms with Crippen molar-refractivity contribution in [2.45, 2.75) is 136 Å². The number of esters is 1. The molecule has 0 aromatic heterocycles. The van der Waals surface area contributed by atoms with Gasteiger partial charge in [0, 0.05) is 0 Å². The second-order valence-electron chi connectivity index (χ2n) is 11.7. The van der Waals surface area contributed by atoms with Crippen LogP contribution in [0.4, 0.5) is 0 Å². The Labute approximate surface area is 225 Å². The Balaban J connectivity index is 1.52. The summed E-state index contributed by atoms with van der Waals surface area (Å²) < 4.78 is 5.83. The number of nitriles is 2. The van der Waals surface area contributed by atoms with Crippen LogP contribution in [0.15, 0.2) is 12.1 Å². The van der Waals surface area contributed by atoms with E-state index in [4.69, 9.17) is 4.74 Å². The second-order valence-corrected chi connectivity index (χ2v) is 11.7. The third kappa shape index (κ3) is 8.88. The zero-order chi connectivity index (χ0) is 26.5. The molecule has 1 aromatic carbocycles. The van der Waals surface area contributed by atoms with E-state index in [1.165, 1.54) is 77.0 Å². The molecule has 2 saturated carbocycles. The molecule has 1 aromatic rings. The van der Waals surface area contributed by atoms with E-state index in [1.54, 1.807) is 6.07 Å². The molecule has 4 nitrogen and oxygen atoms in total. The van der Waals surface area contributed by atoms with Gasteiger partial charge in [0.05, 0.1) is 16.7 Å². The van der Waals surface area contributed by atoms with Crippen molar-refractivity contribution in [2.24, 2.45) is 17.8 Å². The van der Waals surface area contributed by atoms with Crippen molar-refractivity contribution in [3.05, 3.63) is 34.4 Å². The summed E-state index contributed by atoms with van der Waals surface area (Å²) in [6.07, 6.45) is 21.5. The van der Waals surface area contributed by atoms with Gasteiger partial charge in [0.15, 0.2) is 0 Å². The minimum atomic E-state index is -0.449. The van der Waals surface area contributed by atoms with Crippen LogP contribution in [0.25, 0.3) is 0 Å². The van der Waals surface area contributed by atoms with Gasteiger partial charge in [-0.15, -0.1) is 0 Å². The van der Waals surface area contributed by atoms with Crippen LogP contribution in [-0.2, 0) is 11.2 Å². The minimum Gasteiger partial charge on any atom is -0.459 e. The first-order chi connectivity index (χ1) is 18.1. The summed E-state index contributed by atoms with van der Waals surface area (Å²) in [5.41, 5.74) is 1.71. The number of ether oxygens (including phenoxy) is 1. The predicted molar refractivity (Wildman–Crippen MR) is 149 cm³/mol. The number of unbranched alkanes of at least 4 members (excludes halogenated alkanes) is 4. The van der Waals surface area contributed by atoms with E-state index < -0.39 is 5.97 Å². The number of hydrogen-bond donors (Lipinski definition) is 0. The largest absolute Gasteiger partial charge is 0.459 e. The Kier molecular flexibility index (Phi) is 12.5. The van der Waals surface area contributed by atoms with Crippen molar-refractivity contribution in [1.82, 2.24) is 0 Å². The summed E-state index contributed by atoms with van der Waals surface area (Å²) in [7, 11) is 0. The molecule has 0 heterocycles. The molecule has 4 heteroatoms. The summed E-state index contributed by atoms with van der Waals surface area (Å²) in [5.74, 6) is 1.89. The van der Waals surface area contributed by atoms with Crippen LogP contribution < -0.4 is 0 Å². The van der Waals surface area contributed by atoms with E-state index in [0.717, 1.165) is 55.9 Å². The Hall–Kier alpha value is -2.33. The summed E-state index contributed by atoms with van der Waals surface area (Å²) in [5, 5.41) is 19.8. The quantitative estimate of drug-likeness (QED) is 0.198. The first-order valence-electron chi connectivity index (χ1n) is 15.3. The number of carbonyl (C=O) groups is 1. The number of carbonyl (C=O) groups excluding carboxylic acids is 1. The molecule has 3 rings (SSSR count). The molecule has 0 atom stereocenters. The van der Waals surface area contributed by atoms with Gasteiger partial charge < -0.3 is 4.74 Å². The molecule has 0 bridgehead atoms. The molecule has 0 amide bonds. The van der Waals surface area contributed by atoms with Gasteiger partial charge in [0.25, 0.3) is 0 Å². The lowest BCUT2D eigenvalue weighted by Crippen LogP contribution is -2.25. The summed E-state index contributed by atoms with van der Waals surface area (Å²) >= 11 is 0. The molecule has 0 unspecified atom stereocenters. The summed E-state index contributed by atoms with van der Waals surface area (Å²) in [6, 6.07) is 8.00. The average molecular weight is 505 g/mol. The summed E-state index contributed by atoms with van der Waals surface area (Å²) in [4.78, 5) is 13.0. The minimum absolute atomic E-state index is 0.0798. The van der Waals surface area contributed by atoms with Crippen LogP contribution >= 0.6 is 0 Å². The number of rotatable bonds is 13. The lowest BCUT2D eigenvalue weighted by molar-refractivity contribution is 0.0160. The Morgan fingerprint density at radius 1 is 0.757 bits per heavy atom. The van der Waals surface area contributed by atoms with Gasteiger partial charge in [-0.25, -0.2) is 4.79 Å². The van der Waals surface area contributed by atoms with Gasteiger partial charge in [0.1, 0.15) is 18.2 Å². The predicted octanol–water partition coefficient (Wildman–Crippen LogP) is 9.05. The first-order valence-corrected chi connectivity index (χ1v) is 15.3. The third-order valence-corrected chi connectivity index (χ3v) is 9.02. The van der Waals surface area contributed by atoms with Crippen molar-refractivity contribution < 1.29 is 9.53 Å². The SMILES string of the molecule is CCCCC[C@H]1CC[C@H](CCc2ccc(C(=O)O[C@H]3CC[C@H](CCCCC)CC3)c(C#N)c2C#N)CC1. The maximum absolute atomic E-state index is 13.0. The molecule has 0 aliphatic heterocycles. The van der Waals surface area contributed by atoms with Crippen molar-refractivity contribution in [3.8, 4) is 12.1 Å². The highest BCUT2D eigenvalue weighted by Gasteiger charge is 2.27. The van der Waals surface area contributed by atoms with Crippen LogP contribution in [0.3, 0.4) is 0 Å². The van der Waals surface area contributed by atoms with E-state index in [-0.39, 0.29) is 17.2 Å². The highest BCUT2D eigenvalue weighted by Crippen LogP contribution is 2.35. The van der Waals surface area contributed by atoms with Crippen LogP contribution in [-0.4, -0.2) is 12.1 Å². The van der Waals surface area contributed by atoms with Gasteiger partial charge in [-0.05, 0) is 67.9 Å². The number of aryl methyl sites for hydroxylation is 1. The van der Waals surface area contributed by atoms with E-state index in [0.29, 0.717) is 11.5 Å². The van der Waals surface area contributed by atoms with E-state index in [9.17, 15) is 15.3 Å². The van der Waals surface area contributed by atoms with Crippen LogP contribution in [0.5, 0.6) is 0 Å². The monoisotopic (exact) mass is 504 g/mol. The summed E-state index contributed by atoms with van der Waals surface area (Å²) in [6.45, 7) is 4.50. The van der Waals surface area contributed by atoms with Crippen molar-refractivity contribution in [1.29, 1.82) is 10.5 Å². The van der Waals surface area contributed by atoms with E-state index >= 15 is 0 Å². The molecule has 37 heavy (non-hydrogen) atoms. The zero-order valence-electron chi connectivity index (χ0n) is 23.4. The fourth-order valence-corrected chi connectivity index (χ4v) is 6.56. The molecule has 0 radical (unpaired) electrons. The number of nitrogens with zero attached hydrogens (tertiary/aromatic N) is 2. The number of benzene rings is 1. The Morgan fingerprint density at radius 3 is 1.78 bits per heavy atom. The first kappa shape index (κ1) is 29.2. The van der Waals surface area contributed by atoms with Gasteiger partial charge in [-0.3, -0.25) is 0 Å². The highest BCUT2D eigenvalue weighted by atomic mass is 16.5. The van der Waals surface area contributed by atoms with Gasteiger partial charge >= 0.3 is 5.97 Å². The fourth-order valence-electron chi connectivity index (χ4n) is 6.56. The molecule has 0 spiro atoms. The molecule has 2 fully saturated rings. The molecule has 0 N–H and O–H groups in total. The lowest BCUT2D eigenvalue weighted by Gasteiger charge is -2.29. The second kappa shape index (κ2) is 15.8. The van der Waals surface area contributed by atoms with Gasteiger partial charge in [-0.1, -0.05) is 97.0 Å². The Morgan fingerprint density at radius 2 is 1.27 bits per heavy atom. The van der Waals surface area contributed by atoms with E-state index in [2.05, 4.69) is 26.0 Å². The van der Waals surface area contributed by atoms with Gasteiger partial charge in [0.2, 0.25) is 0 Å². The van der Waals surface area contributed by atoms with Crippen LogP contribution in [0, 0.1) is 40.4 Å². The maximum atomic E-state index is 13.0. The average Bonchev–Trinajstić information content (AvgIpc) is 2.93. The normalized spacial score (nSPS) is 23.7. The van der Waals surface area contributed by atoms with Gasteiger partial charge in [-0.2, -0.15) is 10.5 Å². The van der Waals surface area contributed by atoms with Crippen molar-refractivity contribution in [3.63, 3.8) is 0 Å². The lowest BCUT2D eigenvalue weighted by atomic mass is 9.77. The standard InChI is InChI=1S/C33H48N2O2/c1-3-5-7-9-25-11-13-27(14-12-25)15-18-28-19-22-30(32(24-35)31(28)23-34)33(36)37-29-20-16-26(17-21-29)10-8-6-4-2/h19,22,25-27,29H,3-18,20-21H2,1-2H3/t25-,26-,27-,29-. The molecule has 0 saturated heterocycles.